The molecule has 1 saturated heterocycles. The van der Waals surface area contributed by atoms with Gasteiger partial charge in [-0.2, -0.15) is 0 Å². The van der Waals surface area contributed by atoms with Gasteiger partial charge in [0, 0.05) is 23.5 Å². The first kappa shape index (κ1) is 11.5. The van der Waals surface area contributed by atoms with Crippen LogP contribution in [-0.4, -0.2) is 35.3 Å². The minimum Gasteiger partial charge on any atom is -0.394 e. The molecule has 5 nitrogen and oxygen atoms in total. The largest absolute Gasteiger partial charge is 0.394 e. The smallest absolute Gasteiger partial charge is 0.257 e. The molecule has 2 aliphatic heterocycles. The molecule has 2 unspecified atom stereocenters. The predicted molar refractivity (Wildman–Crippen MR) is 67.5 cm³/mol. The molecule has 96 valence electrons. The molecule has 0 bridgehead atoms. The zero-order valence-electron chi connectivity index (χ0n) is 9.97. The van der Waals surface area contributed by atoms with Crippen LogP contribution in [0.3, 0.4) is 0 Å². The van der Waals surface area contributed by atoms with Gasteiger partial charge in [-0.05, 0) is 25.0 Å². The van der Waals surface area contributed by atoms with Gasteiger partial charge in [0.15, 0.2) is 6.10 Å². The highest BCUT2D eigenvalue weighted by Crippen LogP contribution is 2.35. The molecule has 0 saturated carbocycles. The minimum absolute atomic E-state index is 0.145. The Bertz CT molecular complexity index is 489. The number of rotatable bonds is 2. The van der Waals surface area contributed by atoms with E-state index in [4.69, 9.17) is 0 Å². The van der Waals surface area contributed by atoms with E-state index in [1.807, 2.05) is 12.1 Å². The van der Waals surface area contributed by atoms with Gasteiger partial charge in [-0.25, -0.2) is 0 Å². The summed E-state index contributed by atoms with van der Waals surface area (Å²) in [6.07, 6.45) is 1.00. The summed E-state index contributed by atoms with van der Waals surface area (Å²) >= 11 is 0. The fourth-order valence-electron chi connectivity index (χ4n) is 2.78. The topological polar surface area (TPSA) is 72.8 Å². The number of hydrogen-bond acceptors (Lipinski definition) is 4. The van der Waals surface area contributed by atoms with Gasteiger partial charge < -0.3 is 20.4 Å². The molecule has 18 heavy (non-hydrogen) atoms. The van der Waals surface area contributed by atoms with E-state index in [1.165, 1.54) is 0 Å². The number of aliphatic hydroxyl groups excluding tert-OH is 2. The molecule has 2 aliphatic rings. The van der Waals surface area contributed by atoms with Crippen LogP contribution < -0.4 is 10.2 Å². The summed E-state index contributed by atoms with van der Waals surface area (Å²) in [6.45, 7) is 1.06. The van der Waals surface area contributed by atoms with Gasteiger partial charge in [-0.15, -0.1) is 0 Å². The Morgan fingerprint density at radius 2 is 2.28 bits per heavy atom. The molecule has 5 heteroatoms. The monoisotopic (exact) mass is 248 g/mol. The summed E-state index contributed by atoms with van der Waals surface area (Å²) in [4.78, 5) is 13.5. The number of fused-ring (bicyclic) bond motifs is 1. The summed E-state index contributed by atoms with van der Waals surface area (Å²) in [5.41, 5.74) is 2.29. The first-order chi connectivity index (χ1) is 8.70. The highest BCUT2D eigenvalue weighted by atomic mass is 16.3. The molecule has 1 aromatic rings. The highest BCUT2D eigenvalue weighted by Gasteiger charge is 2.30. The number of amides is 1. The summed E-state index contributed by atoms with van der Waals surface area (Å²) < 4.78 is 0. The Hall–Kier alpha value is -1.59. The molecule has 2 atom stereocenters. The van der Waals surface area contributed by atoms with E-state index in [-0.39, 0.29) is 18.6 Å². The predicted octanol–water partition coefficient (Wildman–Crippen LogP) is 0.633. The summed E-state index contributed by atoms with van der Waals surface area (Å²) in [5.74, 6) is -0.373. The number of aliphatic hydroxyl groups is 2. The standard InChI is InChI=1S/C13H16N2O3/c16-7-9-2-1-5-15(9)8-3-4-10-11(6-8)14-13(18)12(10)17/h3-4,6,9,12,16-17H,1-2,5,7H2,(H,14,18). The van der Waals surface area contributed by atoms with E-state index in [0.717, 1.165) is 25.1 Å². The molecule has 1 fully saturated rings. The van der Waals surface area contributed by atoms with Crippen molar-refractivity contribution in [3.05, 3.63) is 23.8 Å². The molecule has 2 heterocycles. The van der Waals surface area contributed by atoms with E-state index in [9.17, 15) is 15.0 Å². The molecule has 0 aliphatic carbocycles. The fourth-order valence-corrected chi connectivity index (χ4v) is 2.78. The Labute approximate surface area is 105 Å². The molecule has 1 aromatic carbocycles. The van der Waals surface area contributed by atoms with Crippen LogP contribution in [0.5, 0.6) is 0 Å². The lowest BCUT2D eigenvalue weighted by molar-refractivity contribution is -0.123. The molecule has 0 aromatic heterocycles. The number of anilines is 2. The maximum absolute atomic E-state index is 11.4. The minimum atomic E-state index is -1.05. The van der Waals surface area contributed by atoms with Crippen LogP contribution in [0.15, 0.2) is 18.2 Å². The third-order valence-corrected chi connectivity index (χ3v) is 3.76. The van der Waals surface area contributed by atoms with E-state index in [2.05, 4.69) is 10.2 Å². The van der Waals surface area contributed by atoms with Crippen molar-refractivity contribution in [2.75, 3.05) is 23.4 Å². The van der Waals surface area contributed by atoms with E-state index >= 15 is 0 Å². The average molecular weight is 248 g/mol. The van der Waals surface area contributed by atoms with Crippen molar-refractivity contribution >= 4 is 17.3 Å². The summed E-state index contributed by atoms with van der Waals surface area (Å²) in [5, 5.41) is 21.6. The van der Waals surface area contributed by atoms with Crippen molar-refractivity contribution in [3.63, 3.8) is 0 Å². The molecule has 0 radical (unpaired) electrons. The van der Waals surface area contributed by atoms with Crippen LogP contribution >= 0.6 is 0 Å². The van der Waals surface area contributed by atoms with Crippen molar-refractivity contribution in [3.8, 4) is 0 Å². The van der Waals surface area contributed by atoms with E-state index < -0.39 is 6.10 Å². The number of carbonyl (C=O) groups excluding carboxylic acids is 1. The summed E-state index contributed by atoms with van der Waals surface area (Å²) in [7, 11) is 0. The zero-order chi connectivity index (χ0) is 12.7. The quantitative estimate of drug-likeness (QED) is 0.718. The molecular weight excluding hydrogens is 232 g/mol. The number of nitrogens with zero attached hydrogens (tertiary/aromatic N) is 1. The van der Waals surface area contributed by atoms with Gasteiger partial charge in [0.05, 0.1) is 12.6 Å². The molecular formula is C13H16N2O3. The van der Waals surface area contributed by atoms with Gasteiger partial charge in [0.2, 0.25) is 0 Å². The maximum Gasteiger partial charge on any atom is 0.257 e. The van der Waals surface area contributed by atoms with Gasteiger partial charge in [-0.1, -0.05) is 6.07 Å². The Kier molecular flexibility index (Phi) is 2.72. The Balaban J connectivity index is 1.92. The van der Waals surface area contributed by atoms with Crippen LogP contribution in [0.25, 0.3) is 0 Å². The molecule has 1 amide bonds. The van der Waals surface area contributed by atoms with Crippen molar-refractivity contribution in [2.24, 2.45) is 0 Å². The lowest BCUT2D eigenvalue weighted by Crippen LogP contribution is -2.31. The fraction of sp³-hybridized carbons (Fsp3) is 0.462. The van der Waals surface area contributed by atoms with Gasteiger partial charge in [0.25, 0.3) is 5.91 Å². The highest BCUT2D eigenvalue weighted by molar-refractivity contribution is 6.02. The maximum atomic E-state index is 11.4. The number of nitrogens with one attached hydrogen (secondary N) is 1. The lowest BCUT2D eigenvalue weighted by Gasteiger charge is -2.25. The van der Waals surface area contributed by atoms with Crippen molar-refractivity contribution in [1.82, 2.24) is 0 Å². The second-order valence-electron chi connectivity index (χ2n) is 4.84. The first-order valence-corrected chi connectivity index (χ1v) is 6.21. The first-order valence-electron chi connectivity index (χ1n) is 6.21. The second kappa shape index (κ2) is 4.26. The van der Waals surface area contributed by atoms with Crippen molar-refractivity contribution < 1.29 is 15.0 Å². The van der Waals surface area contributed by atoms with Crippen molar-refractivity contribution in [2.45, 2.75) is 25.0 Å². The average Bonchev–Trinajstić information content (AvgIpc) is 2.95. The number of carbonyl (C=O) groups is 1. The Morgan fingerprint density at radius 3 is 3.06 bits per heavy atom. The second-order valence-corrected chi connectivity index (χ2v) is 4.84. The van der Waals surface area contributed by atoms with Gasteiger partial charge in [0.1, 0.15) is 0 Å². The molecule has 0 spiro atoms. The lowest BCUT2D eigenvalue weighted by atomic mass is 10.1. The SMILES string of the molecule is O=C1Nc2cc(N3CCCC3CO)ccc2C1O. The van der Waals surface area contributed by atoms with Crippen LogP contribution in [0.1, 0.15) is 24.5 Å². The van der Waals surface area contributed by atoms with Gasteiger partial charge in [-0.3, -0.25) is 4.79 Å². The number of benzene rings is 1. The number of hydrogen-bond donors (Lipinski definition) is 3. The zero-order valence-corrected chi connectivity index (χ0v) is 9.97. The normalized spacial score (nSPS) is 26.3. The van der Waals surface area contributed by atoms with E-state index in [0.29, 0.717) is 11.3 Å². The van der Waals surface area contributed by atoms with E-state index in [1.54, 1.807) is 6.07 Å². The van der Waals surface area contributed by atoms with Crippen LogP contribution in [0.4, 0.5) is 11.4 Å². The van der Waals surface area contributed by atoms with Crippen LogP contribution in [0.2, 0.25) is 0 Å². The molecule has 3 rings (SSSR count). The van der Waals surface area contributed by atoms with Gasteiger partial charge >= 0.3 is 0 Å². The third kappa shape index (κ3) is 1.67. The van der Waals surface area contributed by atoms with Crippen LogP contribution in [0, 0.1) is 0 Å². The van der Waals surface area contributed by atoms with Crippen LogP contribution in [-0.2, 0) is 4.79 Å². The summed E-state index contributed by atoms with van der Waals surface area (Å²) in [6, 6.07) is 5.71. The Morgan fingerprint density at radius 1 is 1.44 bits per heavy atom. The molecule has 3 N–H and O–H groups in total. The van der Waals surface area contributed by atoms with Crippen molar-refractivity contribution in [1.29, 1.82) is 0 Å². The third-order valence-electron chi connectivity index (χ3n) is 3.76.